The molecule has 0 unspecified atom stereocenters. The number of likely N-dealkylation sites (tertiary alicyclic amines) is 1. The first-order chi connectivity index (χ1) is 10.4. The topological polar surface area (TPSA) is 9.23 Å². The number of nitrogens with zero attached hydrogens (tertiary/aromatic N) is 1. The second kappa shape index (κ2) is 7.08. The molecule has 1 heterocycles. The summed E-state index contributed by atoms with van der Waals surface area (Å²) in [6, 6.07) is 0. The molecule has 0 aromatic rings. The van der Waals surface area contributed by atoms with Crippen molar-refractivity contribution in [3.63, 3.8) is 0 Å². The second-order valence-electron chi connectivity index (χ2n) is 6.11. The minimum absolute atomic E-state index is 0.257. The Labute approximate surface area is 129 Å². The van der Waals surface area contributed by atoms with Crippen LogP contribution in [-0.4, -0.2) is 68.6 Å². The van der Waals surface area contributed by atoms with Crippen molar-refractivity contribution in [2.45, 2.75) is 43.5 Å². The van der Waals surface area contributed by atoms with Crippen LogP contribution < -0.4 is 0 Å². The number of alkyl halides is 8. The van der Waals surface area contributed by atoms with Crippen LogP contribution in [0.15, 0.2) is 0 Å². The van der Waals surface area contributed by atoms with Gasteiger partial charge in [-0.25, -0.2) is 8.78 Å². The Morgan fingerprint density at radius 3 is 1.96 bits per heavy atom. The number of hydrogen-bond acceptors (Lipinski definition) is 1. The monoisotopic (exact) mass is 358 g/mol. The van der Waals surface area contributed by atoms with E-state index >= 15 is 0 Å². The Morgan fingerprint density at radius 1 is 0.957 bits per heavy atom. The lowest BCUT2D eigenvalue weighted by atomic mass is 10.1. The molecule has 0 saturated carbocycles. The van der Waals surface area contributed by atoms with Crippen molar-refractivity contribution in [3.05, 3.63) is 0 Å². The lowest BCUT2D eigenvalue weighted by Crippen LogP contribution is -2.59. The van der Waals surface area contributed by atoms with Gasteiger partial charge >= 0.3 is 24.2 Å². The highest BCUT2D eigenvalue weighted by Gasteiger charge is 2.75. The van der Waals surface area contributed by atoms with Crippen LogP contribution in [0.4, 0.5) is 35.1 Å². The van der Waals surface area contributed by atoms with Crippen LogP contribution in [0.2, 0.25) is 0 Å². The van der Waals surface area contributed by atoms with Gasteiger partial charge in [0.05, 0.1) is 26.7 Å². The van der Waals surface area contributed by atoms with Gasteiger partial charge in [-0.15, -0.1) is 0 Å². The molecule has 1 aliphatic rings. The third-order valence-electron chi connectivity index (χ3n) is 4.11. The van der Waals surface area contributed by atoms with Gasteiger partial charge in [0.1, 0.15) is 13.2 Å². The van der Waals surface area contributed by atoms with Crippen LogP contribution in [0.3, 0.4) is 0 Å². The number of quaternary nitrogens is 1. The third kappa shape index (κ3) is 4.46. The smallest absolute Gasteiger partial charge is 0.369 e. The van der Waals surface area contributed by atoms with Crippen molar-refractivity contribution in [1.29, 1.82) is 0 Å². The summed E-state index contributed by atoms with van der Waals surface area (Å²) in [6.45, 7) is -0.573. The maximum Gasteiger partial charge on any atom is 0.380 e. The molecule has 2 nitrogen and oxygen atoms in total. The number of piperidine rings is 1. The van der Waals surface area contributed by atoms with Gasteiger partial charge in [0.15, 0.2) is 0 Å². The SMILES string of the molecule is C[N+]1(CCOCC(F)(F)C(F)(F)C(F)(F)C(F)F)CCCCC1. The number of rotatable bonds is 8. The third-order valence-corrected chi connectivity index (χ3v) is 4.11. The van der Waals surface area contributed by atoms with Crippen LogP contribution in [0, 0.1) is 0 Å². The molecule has 0 atom stereocenters. The predicted molar refractivity (Wildman–Crippen MR) is 66.3 cm³/mol. The molecule has 1 saturated heterocycles. The number of ether oxygens (including phenoxy) is 1. The van der Waals surface area contributed by atoms with Gasteiger partial charge in [0.25, 0.3) is 0 Å². The van der Waals surface area contributed by atoms with Crippen molar-refractivity contribution < 1.29 is 44.3 Å². The Balaban J connectivity index is 2.54. The Hall–Kier alpha value is -0.640. The molecule has 0 radical (unpaired) electrons. The number of halogens is 8. The van der Waals surface area contributed by atoms with Gasteiger partial charge in [0.2, 0.25) is 0 Å². The fraction of sp³-hybridized carbons (Fsp3) is 1.00. The molecule has 0 N–H and O–H groups in total. The van der Waals surface area contributed by atoms with E-state index in [4.69, 9.17) is 0 Å². The van der Waals surface area contributed by atoms with Gasteiger partial charge in [-0.05, 0) is 19.3 Å². The number of hydrogen-bond donors (Lipinski definition) is 0. The van der Waals surface area contributed by atoms with Crippen LogP contribution >= 0.6 is 0 Å². The molecule has 138 valence electrons. The molecular weight excluding hydrogens is 338 g/mol. The Morgan fingerprint density at radius 2 is 1.48 bits per heavy atom. The zero-order valence-electron chi connectivity index (χ0n) is 12.6. The van der Waals surface area contributed by atoms with Crippen molar-refractivity contribution >= 4 is 0 Å². The molecule has 0 amide bonds. The van der Waals surface area contributed by atoms with Gasteiger partial charge in [-0.3, -0.25) is 0 Å². The van der Waals surface area contributed by atoms with Crippen molar-refractivity contribution in [2.75, 3.05) is 39.9 Å². The van der Waals surface area contributed by atoms with Crippen molar-refractivity contribution in [1.82, 2.24) is 0 Å². The summed E-state index contributed by atoms with van der Waals surface area (Å²) in [4.78, 5) is 0. The largest absolute Gasteiger partial charge is 0.380 e. The highest BCUT2D eigenvalue weighted by molar-refractivity contribution is 4.97. The minimum atomic E-state index is -6.20. The highest BCUT2D eigenvalue weighted by Crippen LogP contribution is 2.48. The molecule has 1 rings (SSSR count). The molecule has 0 bridgehead atoms. The van der Waals surface area contributed by atoms with E-state index in [0.29, 0.717) is 4.48 Å². The fourth-order valence-corrected chi connectivity index (χ4v) is 2.46. The lowest BCUT2D eigenvalue weighted by Gasteiger charge is -2.38. The highest BCUT2D eigenvalue weighted by atomic mass is 19.4. The maximum atomic E-state index is 13.2. The normalized spacial score (nSPS) is 20.1. The van der Waals surface area contributed by atoms with E-state index in [9.17, 15) is 35.1 Å². The molecule has 1 fully saturated rings. The molecule has 0 aromatic heterocycles. The van der Waals surface area contributed by atoms with E-state index in [1.807, 2.05) is 7.05 Å². The second-order valence-corrected chi connectivity index (χ2v) is 6.11. The van der Waals surface area contributed by atoms with Gasteiger partial charge in [0, 0.05) is 0 Å². The van der Waals surface area contributed by atoms with E-state index in [1.54, 1.807) is 0 Å². The fourth-order valence-electron chi connectivity index (χ4n) is 2.46. The Kier molecular flexibility index (Phi) is 6.28. The van der Waals surface area contributed by atoms with E-state index in [0.717, 1.165) is 32.4 Å². The molecule has 0 aromatic carbocycles. The van der Waals surface area contributed by atoms with Crippen LogP contribution in [0.25, 0.3) is 0 Å². The molecule has 10 heteroatoms. The molecule has 23 heavy (non-hydrogen) atoms. The molecule has 0 aliphatic carbocycles. The van der Waals surface area contributed by atoms with Gasteiger partial charge in [-0.1, -0.05) is 0 Å². The molecule has 1 aliphatic heterocycles. The molecular formula is C13H20F8NO+. The van der Waals surface area contributed by atoms with Crippen LogP contribution in [0.5, 0.6) is 0 Å². The van der Waals surface area contributed by atoms with Crippen molar-refractivity contribution in [2.24, 2.45) is 0 Å². The first kappa shape index (κ1) is 20.4. The van der Waals surface area contributed by atoms with Crippen LogP contribution in [-0.2, 0) is 4.74 Å². The average molecular weight is 358 g/mol. The summed E-state index contributed by atoms with van der Waals surface area (Å²) >= 11 is 0. The lowest BCUT2D eigenvalue weighted by molar-refractivity contribution is -0.914. The first-order valence-electron chi connectivity index (χ1n) is 7.19. The number of likely N-dealkylation sites (N-methyl/N-ethyl adjacent to an activating group) is 1. The molecule has 0 spiro atoms. The summed E-state index contributed by atoms with van der Waals surface area (Å²) in [5, 5.41) is 0. The zero-order valence-corrected chi connectivity index (χ0v) is 12.6. The van der Waals surface area contributed by atoms with E-state index in [2.05, 4.69) is 4.74 Å². The minimum Gasteiger partial charge on any atom is -0.369 e. The Bertz CT molecular complexity index is 382. The summed E-state index contributed by atoms with van der Waals surface area (Å²) in [5.74, 6) is -17.7. The van der Waals surface area contributed by atoms with Gasteiger partial charge < -0.3 is 9.22 Å². The summed E-state index contributed by atoms with van der Waals surface area (Å²) in [6.07, 6.45) is -1.99. The standard InChI is InChI=1S/C13H20F8NO/c1-22(5-3-2-4-6-22)7-8-23-9-11(16,17)13(20,21)12(18,19)10(14)15/h10H,2-9H2,1H3/q+1. The zero-order chi connectivity index (χ0) is 17.9. The van der Waals surface area contributed by atoms with E-state index < -0.39 is 30.8 Å². The average Bonchev–Trinajstić information content (AvgIpc) is 2.44. The predicted octanol–water partition coefficient (Wildman–Crippen LogP) is 3.80. The van der Waals surface area contributed by atoms with E-state index in [1.165, 1.54) is 0 Å². The van der Waals surface area contributed by atoms with Crippen molar-refractivity contribution in [3.8, 4) is 0 Å². The van der Waals surface area contributed by atoms with E-state index in [-0.39, 0.29) is 13.2 Å². The summed E-state index contributed by atoms with van der Waals surface area (Å²) < 4.78 is 107. The quantitative estimate of drug-likeness (QED) is 0.364. The first-order valence-corrected chi connectivity index (χ1v) is 7.19. The van der Waals surface area contributed by atoms with Crippen LogP contribution in [0.1, 0.15) is 19.3 Å². The summed E-state index contributed by atoms with van der Waals surface area (Å²) in [5.41, 5.74) is 0. The maximum absolute atomic E-state index is 13.2. The summed E-state index contributed by atoms with van der Waals surface area (Å²) in [7, 11) is 1.85. The van der Waals surface area contributed by atoms with Gasteiger partial charge in [-0.2, -0.15) is 26.3 Å².